The number of carbonyl (C=O) groups excluding carboxylic acids is 1. The van der Waals surface area contributed by atoms with E-state index in [9.17, 15) is 4.79 Å². The lowest BCUT2D eigenvalue weighted by Gasteiger charge is -2.05. The predicted molar refractivity (Wildman–Crippen MR) is 141 cm³/mol. The van der Waals surface area contributed by atoms with Crippen molar-refractivity contribution in [1.82, 2.24) is 40.4 Å². The molecule has 36 heavy (non-hydrogen) atoms. The summed E-state index contributed by atoms with van der Waals surface area (Å²) in [6.45, 7) is 5.30. The van der Waals surface area contributed by atoms with Crippen LogP contribution in [0.2, 0.25) is 0 Å². The summed E-state index contributed by atoms with van der Waals surface area (Å²) in [6.07, 6.45) is 7.27. The van der Waals surface area contributed by atoms with E-state index in [0.717, 1.165) is 56.8 Å². The van der Waals surface area contributed by atoms with Gasteiger partial charge in [0.05, 0.1) is 20.7 Å². The molecule has 0 radical (unpaired) electrons. The van der Waals surface area contributed by atoms with Gasteiger partial charge in [0.25, 0.3) is 0 Å². The molecule has 0 aliphatic carbocycles. The lowest BCUT2D eigenvalue weighted by molar-refractivity contribution is 0.102. The van der Waals surface area contributed by atoms with E-state index in [1.807, 2.05) is 36.8 Å². The summed E-state index contributed by atoms with van der Waals surface area (Å²) in [4.78, 5) is 35.1. The van der Waals surface area contributed by atoms with Crippen molar-refractivity contribution in [3.05, 3.63) is 65.6 Å². The molecular formula is C26H22N8OS. The first-order chi connectivity index (χ1) is 17.6. The minimum Gasteiger partial charge on any atom is -0.336 e. The summed E-state index contributed by atoms with van der Waals surface area (Å²) in [5.41, 5.74) is 6.70. The van der Waals surface area contributed by atoms with Crippen molar-refractivity contribution in [2.24, 2.45) is 0 Å². The molecule has 0 aliphatic rings. The fourth-order valence-electron chi connectivity index (χ4n) is 4.14. The molecule has 6 rings (SSSR count). The Morgan fingerprint density at radius 1 is 1.06 bits per heavy atom. The first-order valence-electron chi connectivity index (χ1n) is 11.6. The number of pyridine rings is 3. The SMILES string of the molecule is CCNCc1cncc(-c2cnc3[nH]nc(-c4nc5c(-c6ccc(C(C)=O)s6)nccc5[nH]4)c3c2)c1. The fourth-order valence-corrected chi connectivity index (χ4v) is 5.03. The zero-order valence-electron chi connectivity index (χ0n) is 19.7. The van der Waals surface area contributed by atoms with Gasteiger partial charge >= 0.3 is 0 Å². The summed E-state index contributed by atoms with van der Waals surface area (Å²) >= 11 is 1.42. The second kappa shape index (κ2) is 9.06. The maximum atomic E-state index is 11.8. The molecule has 10 heteroatoms. The van der Waals surface area contributed by atoms with E-state index in [0.29, 0.717) is 22.0 Å². The highest BCUT2D eigenvalue weighted by atomic mass is 32.1. The summed E-state index contributed by atoms with van der Waals surface area (Å²) < 4.78 is 0. The van der Waals surface area contributed by atoms with E-state index in [4.69, 9.17) is 4.98 Å². The molecule has 0 amide bonds. The molecule has 0 bridgehead atoms. The van der Waals surface area contributed by atoms with Gasteiger partial charge in [0.15, 0.2) is 17.3 Å². The van der Waals surface area contributed by atoms with Crippen LogP contribution in [0.15, 0.2) is 55.1 Å². The van der Waals surface area contributed by atoms with Gasteiger partial charge in [-0.15, -0.1) is 11.3 Å². The molecule has 0 unspecified atom stereocenters. The highest BCUT2D eigenvalue weighted by Crippen LogP contribution is 2.34. The number of rotatable bonds is 7. The van der Waals surface area contributed by atoms with E-state index in [2.05, 4.69) is 54.5 Å². The number of hydrogen-bond donors (Lipinski definition) is 3. The summed E-state index contributed by atoms with van der Waals surface area (Å²) in [5.74, 6) is 0.654. The van der Waals surface area contributed by atoms with Crippen LogP contribution in [0, 0.1) is 0 Å². The average molecular weight is 495 g/mol. The Bertz CT molecular complexity index is 1730. The number of nitrogens with one attached hydrogen (secondary N) is 3. The van der Waals surface area contributed by atoms with Gasteiger partial charge in [-0.1, -0.05) is 6.92 Å². The Kier molecular flexibility index (Phi) is 5.59. The zero-order chi connectivity index (χ0) is 24.6. The highest BCUT2D eigenvalue weighted by Gasteiger charge is 2.18. The first kappa shape index (κ1) is 22.2. The second-order valence-electron chi connectivity index (χ2n) is 8.42. The van der Waals surface area contributed by atoms with Crippen LogP contribution in [0.4, 0.5) is 0 Å². The Labute approximate surface area is 210 Å². The normalized spacial score (nSPS) is 11.5. The number of imidazole rings is 1. The van der Waals surface area contributed by atoms with Gasteiger partial charge in [-0.25, -0.2) is 9.97 Å². The number of aromatic nitrogens is 7. The number of hydrogen-bond acceptors (Lipinski definition) is 8. The number of ketones is 1. The molecule has 0 saturated carbocycles. The van der Waals surface area contributed by atoms with E-state index in [1.165, 1.54) is 11.3 Å². The van der Waals surface area contributed by atoms with Gasteiger partial charge in [0.1, 0.15) is 16.9 Å². The number of H-pyrrole nitrogens is 2. The predicted octanol–water partition coefficient (Wildman–Crippen LogP) is 5.00. The molecule has 0 aromatic carbocycles. The smallest absolute Gasteiger partial charge is 0.169 e. The summed E-state index contributed by atoms with van der Waals surface area (Å²) in [5, 5.41) is 11.7. The number of carbonyl (C=O) groups is 1. The van der Waals surface area contributed by atoms with Gasteiger partial charge in [-0.3, -0.25) is 19.9 Å². The van der Waals surface area contributed by atoms with Crippen molar-refractivity contribution in [1.29, 1.82) is 0 Å². The Hall–Kier alpha value is -4.28. The Balaban J connectivity index is 1.42. The molecule has 0 spiro atoms. The number of fused-ring (bicyclic) bond motifs is 2. The molecule has 0 fully saturated rings. The molecular weight excluding hydrogens is 472 g/mol. The number of thiophene rings is 1. The third-order valence-electron chi connectivity index (χ3n) is 5.94. The zero-order valence-corrected chi connectivity index (χ0v) is 20.5. The molecule has 0 saturated heterocycles. The maximum absolute atomic E-state index is 11.8. The van der Waals surface area contributed by atoms with Gasteiger partial charge in [-0.05, 0) is 49.4 Å². The van der Waals surface area contributed by atoms with E-state index < -0.39 is 0 Å². The van der Waals surface area contributed by atoms with Crippen LogP contribution < -0.4 is 5.32 Å². The van der Waals surface area contributed by atoms with Crippen LogP contribution in [0.1, 0.15) is 29.1 Å². The number of nitrogens with zero attached hydrogens (tertiary/aromatic N) is 5. The van der Waals surface area contributed by atoms with Crippen LogP contribution in [-0.4, -0.2) is 47.4 Å². The minimum atomic E-state index is 0.0369. The summed E-state index contributed by atoms with van der Waals surface area (Å²) in [6, 6.07) is 9.80. The van der Waals surface area contributed by atoms with Crippen molar-refractivity contribution < 1.29 is 4.79 Å². The molecule has 3 N–H and O–H groups in total. The van der Waals surface area contributed by atoms with Crippen LogP contribution in [0.5, 0.6) is 0 Å². The summed E-state index contributed by atoms with van der Waals surface area (Å²) in [7, 11) is 0. The van der Waals surface area contributed by atoms with E-state index in [1.54, 1.807) is 13.1 Å². The Morgan fingerprint density at radius 2 is 1.94 bits per heavy atom. The fraction of sp³-hybridized carbons (Fsp3) is 0.154. The maximum Gasteiger partial charge on any atom is 0.169 e. The van der Waals surface area contributed by atoms with Crippen molar-refractivity contribution >= 4 is 39.2 Å². The quantitative estimate of drug-likeness (QED) is 0.267. The van der Waals surface area contributed by atoms with Gasteiger partial charge in [-0.2, -0.15) is 5.10 Å². The van der Waals surface area contributed by atoms with Gasteiger partial charge in [0.2, 0.25) is 0 Å². The van der Waals surface area contributed by atoms with Crippen LogP contribution in [-0.2, 0) is 6.54 Å². The standard InChI is InChI=1S/C26H22N8OS/c1-3-27-10-15-8-16(12-28-11-15)17-9-18-22(33-34-25(18)30-13-17)26-31-19-6-7-29-24(23(19)32-26)21-5-4-20(36-21)14(2)35/h4-9,11-13,27H,3,10H2,1-2H3,(H,31,32)(H,30,33,34). The van der Waals surface area contributed by atoms with Gasteiger partial charge < -0.3 is 10.3 Å². The molecule has 6 heterocycles. The molecule has 0 atom stereocenters. The molecule has 6 aromatic rings. The topological polar surface area (TPSA) is 125 Å². The lowest BCUT2D eigenvalue weighted by atomic mass is 10.1. The molecule has 9 nitrogen and oxygen atoms in total. The first-order valence-corrected chi connectivity index (χ1v) is 12.4. The van der Waals surface area contributed by atoms with Crippen LogP contribution >= 0.6 is 11.3 Å². The van der Waals surface area contributed by atoms with Crippen LogP contribution in [0.25, 0.3) is 55.3 Å². The number of Topliss-reactive ketones (excluding diaryl/α,β-unsaturated/α-hetero) is 1. The van der Waals surface area contributed by atoms with Crippen molar-refractivity contribution in [3.63, 3.8) is 0 Å². The minimum absolute atomic E-state index is 0.0369. The van der Waals surface area contributed by atoms with Crippen LogP contribution in [0.3, 0.4) is 0 Å². The monoisotopic (exact) mass is 494 g/mol. The second-order valence-corrected chi connectivity index (χ2v) is 9.50. The largest absolute Gasteiger partial charge is 0.336 e. The van der Waals surface area contributed by atoms with E-state index in [-0.39, 0.29) is 5.78 Å². The highest BCUT2D eigenvalue weighted by molar-refractivity contribution is 7.17. The Morgan fingerprint density at radius 3 is 2.78 bits per heavy atom. The molecule has 178 valence electrons. The molecule has 6 aromatic heterocycles. The third kappa shape index (κ3) is 3.96. The lowest BCUT2D eigenvalue weighted by Crippen LogP contribution is -2.11. The average Bonchev–Trinajstić information content (AvgIpc) is 3.64. The molecule has 0 aliphatic heterocycles. The number of aromatic amines is 2. The van der Waals surface area contributed by atoms with Crippen molar-refractivity contribution in [2.45, 2.75) is 20.4 Å². The van der Waals surface area contributed by atoms with E-state index >= 15 is 0 Å². The van der Waals surface area contributed by atoms with Gasteiger partial charge in [0, 0.05) is 42.5 Å². The third-order valence-corrected chi connectivity index (χ3v) is 7.13. The van der Waals surface area contributed by atoms with Crippen molar-refractivity contribution in [2.75, 3.05) is 6.54 Å². The van der Waals surface area contributed by atoms with Crippen molar-refractivity contribution in [3.8, 4) is 33.2 Å².